The highest BCUT2D eigenvalue weighted by atomic mass is 16.2. The molecule has 0 unspecified atom stereocenters. The van der Waals surface area contributed by atoms with Crippen LogP contribution in [0.5, 0.6) is 0 Å². The summed E-state index contributed by atoms with van der Waals surface area (Å²) in [6.45, 7) is 14.6. The average molecular weight is 243 g/mol. The molecule has 0 atom stereocenters. The topological polar surface area (TPSA) is 35.6 Å². The van der Waals surface area contributed by atoms with Crippen LogP contribution in [0, 0.1) is 0 Å². The van der Waals surface area contributed by atoms with Gasteiger partial charge in [0, 0.05) is 26.2 Å². The van der Waals surface area contributed by atoms with Crippen molar-refractivity contribution in [2.75, 3.05) is 45.8 Å². The van der Waals surface area contributed by atoms with Crippen molar-refractivity contribution in [3.05, 3.63) is 0 Å². The van der Waals surface area contributed by atoms with E-state index in [-0.39, 0.29) is 5.91 Å². The quantitative estimate of drug-likeness (QED) is 0.585. The van der Waals surface area contributed by atoms with E-state index in [1.807, 2.05) is 18.7 Å². The average Bonchev–Trinajstić information content (AvgIpc) is 2.34. The Labute approximate surface area is 106 Å². The first kappa shape index (κ1) is 16.4. The first-order valence-electron chi connectivity index (χ1n) is 6.90. The van der Waals surface area contributed by atoms with Gasteiger partial charge in [0.15, 0.2) is 0 Å². The molecule has 0 rings (SSSR count). The van der Waals surface area contributed by atoms with E-state index in [1.54, 1.807) is 0 Å². The number of amides is 1. The third-order valence-electron chi connectivity index (χ3n) is 2.98. The maximum absolute atomic E-state index is 11.7. The number of carbonyl (C=O) groups is 1. The van der Waals surface area contributed by atoms with Gasteiger partial charge in [-0.3, -0.25) is 4.79 Å². The molecule has 0 heterocycles. The van der Waals surface area contributed by atoms with E-state index in [9.17, 15) is 4.79 Å². The summed E-state index contributed by atoms with van der Waals surface area (Å²) in [5, 5.41) is 3.22. The zero-order valence-electron chi connectivity index (χ0n) is 12.0. The van der Waals surface area contributed by atoms with Crippen LogP contribution in [0.25, 0.3) is 0 Å². The lowest BCUT2D eigenvalue weighted by Crippen LogP contribution is -2.40. The largest absolute Gasteiger partial charge is 0.342 e. The van der Waals surface area contributed by atoms with Crippen LogP contribution in [0.2, 0.25) is 0 Å². The lowest BCUT2D eigenvalue weighted by Gasteiger charge is -2.21. The number of rotatable bonds is 10. The smallest absolute Gasteiger partial charge is 0.236 e. The predicted octanol–water partition coefficient (Wildman–Crippen LogP) is 1.18. The molecule has 102 valence electrons. The minimum atomic E-state index is 0.202. The lowest BCUT2D eigenvalue weighted by molar-refractivity contribution is -0.129. The standard InChI is InChI=1S/C13H29N3O/c1-5-10-15(6-2)11-9-14-12-13(17)16(7-3)8-4/h14H,5-12H2,1-4H3. The molecule has 0 saturated carbocycles. The fourth-order valence-electron chi connectivity index (χ4n) is 1.86. The van der Waals surface area contributed by atoms with Crippen LogP contribution in [-0.2, 0) is 4.79 Å². The minimum Gasteiger partial charge on any atom is -0.342 e. The summed E-state index contributed by atoms with van der Waals surface area (Å²) < 4.78 is 0. The number of nitrogens with zero attached hydrogens (tertiary/aromatic N) is 2. The van der Waals surface area contributed by atoms with Gasteiger partial charge in [0.05, 0.1) is 6.54 Å². The third kappa shape index (κ3) is 7.34. The Balaban J connectivity index is 3.65. The summed E-state index contributed by atoms with van der Waals surface area (Å²) in [7, 11) is 0. The second-order valence-corrected chi connectivity index (χ2v) is 4.18. The first-order chi connectivity index (χ1) is 8.19. The summed E-state index contributed by atoms with van der Waals surface area (Å²) in [5.41, 5.74) is 0. The second-order valence-electron chi connectivity index (χ2n) is 4.18. The second kappa shape index (κ2) is 10.5. The Bertz CT molecular complexity index is 193. The Morgan fingerprint density at radius 2 is 1.65 bits per heavy atom. The molecule has 0 fully saturated rings. The number of carbonyl (C=O) groups excluding carboxylic acids is 1. The number of nitrogens with one attached hydrogen (secondary N) is 1. The molecule has 0 radical (unpaired) electrons. The van der Waals surface area contributed by atoms with Gasteiger partial charge in [0.1, 0.15) is 0 Å². The van der Waals surface area contributed by atoms with Crippen LogP contribution in [0.1, 0.15) is 34.1 Å². The third-order valence-corrected chi connectivity index (χ3v) is 2.98. The maximum atomic E-state index is 11.7. The highest BCUT2D eigenvalue weighted by Gasteiger charge is 2.08. The van der Waals surface area contributed by atoms with E-state index in [4.69, 9.17) is 0 Å². The van der Waals surface area contributed by atoms with Gasteiger partial charge in [-0.15, -0.1) is 0 Å². The SMILES string of the molecule is CCCN(CC)CCNCC(=O)N(CC)CC. The lowest BCUT2D eigenvalue weighted by atomic mass is 10.4. The van der Waals surface area contributed by atoms with Gasteiger partial charge in [-0.2, -0.15) is 0 Å². The fraction of sp³-hybridized carbons (Fsp3) is 0.923. The molecule has 4 nitrogen and oxygen atoms in total. The van der Waals surface area contributed by atoms with Crippen LogP contribution in [-0.4, -0.2) is 61.5 Å². The summed E-state index contributed by atoms with van der Waals surface area (Å²) >= 11 is 0. The molecule has 0 aromatic carbocycles. The highest BCUT2D eigenvalue weighted by Crippen LogP contribution is 1.90. The van der Waals surface area contributed by atoms with Gasteiger partial charge in [0.2, 0.25) is 5.91 Å². The van der Waals surface area contributed by atoms with E-state index in [0.717, 1.165) is 39.3 Å². The first-order valence-corrected chi connectivity index (χ1v) is 6.90. The Morgan fingerprint density at radius 3 is 2.12 bits per heavy atom. The molecule has 1 N–H and O–H groups in total. The summed E-state index contributed by atoms with van der Waals surface area (Å²) in [6, 6.07) is 0. The molecule has 1 amide bonds. The van der Waals surface area contributed by atoms with Gasteiger partial charge < -0.3 is 15.1 Å². The van der Waals surface area contributed by atoms with Crippen molar-refractivity contribution in [3.63, 3.8) is 0 Å². The van der Waals surface area contributed by atoms with E-state index < -0.39 is 0 Å². The number of hydrogen-bond donors (Lipinski definition) is 1. The zero-order valence-corrected chi connectivity index (χ0v) is 12.0. The molecule has 0 spiro atoms. The van der Waals surface area contributed by atoms with E-state index in [1.165, 1.54) is 6.42 Å². The van der Waals surface area contributed by atoms with E-state index in [2.05, 4.69) is 24.1 Å². The molecular formula is C13H29N3O. The van der Waals surface area contributed by atoms with Crippen LogP contribution < -0.4 is 5.32 Å². The van der Waals surface area contributed by atoms with Gasteiger partial charge in [0.25, 0.3) is 0 Å². The minimum absolute atomic E-state index is 0.202. The highest BCUT2D eigenvalue weighted by molar-refractivity contribution is 5.78. The van der Waals surface area contributed by atoms with Crippen molar-refractivity contribution < 1.29 is 4.79 Å². The molecule has 4 heteroatoms. The Hall–Kier alpha value is -0.610. The van der Waals surface area contributed by atoms with Crippen molar-refractivity contribution in [3.8, 4) is 0 Å². The molecular weight excluding hydrogens is 214 g/mol. The Kier molecular flexibility index (Phi) is 10.2. The van der Waals surface area contributed by atoms with E-state index >= 15 is 0 Å². The molecule has 17 heavy (non-hydrogen) atoms. The number of hydrogen-bond acceptors (Lipinski definition) is 3. The summed E-state index contributed by atoms with van der Waals surface area (Å²) in [4.78, 5) is 16.0. The molecule has 0 aliphatic heterocycles. The molecule has 0 saturated heterocycles. The van der Waals surface area contributed by atoms with Gasteiger partial charge in [-0.1, -0.05) is 13.8 Å². The monoisotopic (exact) mass is 243 g/mol. The summed E-state index contributed by atoms with van der Waals surface area (Å²) in [6.07, 6.45) is 1.19. The maximum Gasteiger partial charge on any atom is 0.236 e. The fourth-order valence-corrected chi connectivity index (χ4v) is 1.86. The van der Waals surface area contributed by atoms with Crippen molar-refractivity contribution in [1.82, 2.24) is 15.1 Å². The molecule has 0 bridgehead atoms. The van der Waals surface area contributed by atoms with E-state index in [0.29, 0.717) is 6.54 Å². The van der Waals surface area contributed by atoms with Crippen molar-refractivity contribution in [1.29, 1.82) is 0 Å². The zero-order chi connectivity index (χ0) is 13.1. The van der Waals surface area contributed by atoms with Crippen LogP contribution >= 0.6 is 0 Å². The van der Waals surface area contributed by atoms with Crippen molar-refractivity contribution in [2.24, 2.45) is 0 Å². The van der Waals surface area contributed by atoms with Gasteiger partial charge >= 0.3 is 0 Å². The molecule has 0 aliphatic carbocycles. The molecule has 0 aliphatic rings. The Morgan fingerprint density at radius 1 is 1.00 bits per heavy atom. The van der Waals surface area contributed by atoms with Gasteiger partial charge in [-0.05, 0) is 33.4 Å². The van der Waals surface area contributed by atoms with Gasteiger partial charge in [-0.25, -0.2) is 0 Å². The molecule has 0 aromatic rings. The molecule has 0 aromatic heterocycles. The van der Waals surface area contributed by atoms with Crippen LogP contribution in [0.15, 0.2) is 0 Å². The number of likely N-dealkylation sites (N-methyl/N-ethyl adjacent to an activating group) is 2. The van der Waals surface area contributed by atoms with Crippen LogP contribution in [0.3, 0.4) is 0 Å². The van der Waals surface area contributed by atoms with Crippen molar-refractivity contribution in [2.45, 2.75) is 34.1 Å². The van der Waals surface area contributed by atoms with Crippen molar-refractivity contribution >= 4 is 5.91 Å². The van der Waals surface area contributed by atoms with Crippen LogP contribution in [0.4, 0.5) is 0 Å². The predicted molar refractivity (Wildman–Crippen MR) is 73.2 cm³/mol. The summed E-state index contributed by atoms with van der Waals surface area (Å²) in [5.74, 6) is 0.202. The normalized spacial score (nSPS) is 10.9.